The number of carboxylic acid groups (broad SMARTS) is 1. The van der Waals surface area contributed by atoms with Crippen molar-refractivity contribution in [1.29, 1.82) is 0 Å². The molecule has 0 aliphatic carbocycles. The zero-order chi connectivity index (χ0) is 15.1. The lowest BCUT2D eigenvalue weighted by Crippen LogP contribution is -2.43. The monoisotopic (exact) mass is 283 g/mol. The summed E-state index contributed by atoms with van der Waals surface area (Å²) in [5.41, 5.74) is 0.591. The van der Waals surface area contributed by atoms with Crippen molar-refractivity contribution in [1.82, 2.24) is 5.32 Å². The van der Waals surface area contributed by atoms with E-state index in [1.54, 1.807) is 18.2 Å². The van der Waals surface area contributed by atoms with Crippen LogP contribution in [0.2, 0.25) is 0 Å². The van der Waals surface area contributed by atoms with Crippen LogP contribution < -0.4 is 14.8 Å². The average molecular weight is 283 g/mol. The first-order chi connectivity index (χ1) is 9.51. The minimum atomic E-state index is -1.31. The summed E-state index contributed by atoms with van der Waals surface area (Å²) in [5.74, 6) is -0.752. The Morgan fingerprint density at radius 1 is 1.30 bits per heavy atom. The van der Waals surface area contributed by atoms with Gasteiger partial charge in [-0.1, -0.05) is 6.07 Å². The Labute approximate surface area is 116 Å². The largest absolute Gasteiger partial charge is 0.497 e. The van der Waals surface area contributed by atoms with Gasteiger partial charge in [-0.3, -0.25) is 4.79 Å². The molecule has 0 aliphatic rings. The summed E-state index contributed by atoms with van der Waals surface area (Å²) < 4.78 is 10.2. The first-order valence-electron chi connectivity index (χ1n) is 5.85. The van der Waals surface area contributed by atoms with Gasteiger partial charge in [0.25, 0.3) is 0 Å². The van der Waals surface area contributed by atoms with Gasteiger partial charge in [-0.15, -0.1) is 0 Å². The smallest absolute Gasteiger partial charge is 0.328 e. The maximum absolute atomic E-state index is 11.7. The first kappa shape index (κ1) is 15.8. The SMILES string of the molecule is COc1ccc(CC(=O)N[C@H](CO)C(=O)O)c(OC)c1. The molecule has 0 spiro atoms. The highest BCUT2D eigenvalue weighted by Gasteiger charge is 2.19. The molecule has 0 fully saturated rings. The Morgan fingerprint density at radius 2 is 2.00 bits per heavy atom. The van der Waals surface area contributed by atoms with Crippen molar-refractivity contribution < 1.29 is 29.3 Å². The predicted molar refractivity (Wildman–Crippen MR) is 69.9 cm³/mol. The number of carbonyl (C=O) groups is 2. The highest BCUT2D eigenvalue weighted by molar-refractivity contribution is 5.85. The van der Waals surface area contributed by atoms with E-state index >= 15 is 0 Å². The molecule has 1 rings (SSSR count). The van der Waals surface area contributed by atoms with Crippen molar-refractivity contribution in [3.63, 3.8) is 0 Å². The van der Waals surface area contributed by atoms with Gasteiger partial charge in [0.2, 0.25) is 5.91 Å². The molecular formula is C13H17NO6. The number of benzene rings is 1. The van der Waals surface area contributed by atoms with Crippen LogP contribution in [-0.2, 0) is 16.0 Å². The van der Waals surface area contributed by atoms with E-state index in [1.807, 2.05) is 0 Å². The zero-order valence-electron chi connectivity index (χ0n) is 11.3. The van der Waals surface area contributed by atoms with Gasteiger partial charge >= 0.3 is 5.97 Å². The van der Waals surface area contributed by atoms with Crippen LogP contribution in [0.1, 0.15) is 5.56 Å². The number of amides is 1. The molecule has 1 aromatic rings. The Bertz CT molecular complexity index is 488. The summed E-state index contributed by atoms with van der Waals surface area (Å²) in [6, 6.07) is 3.65. The van der Waals surface area contributed by atoms with Gasteiger partial charge < -0.3 is 25.0 Å². The lowest BCUT2D eigenvalue weighted by molar-refractivity contribution is -0.142. The number of ether oxygens (including phenoxy) is 2. The molecule has 1 amide bonds. The van der Waals surface area contributed by atoms with Crippen LogP contribution in [0.5, 0.6) is 11.5 Å². The number of hydrogen-bond acceptors (Lipinski definition) is 5. The number of aliphatic hydroxyl groups is 1. The van der Waals surface area contributed by atoms with Crippen molar-refractivity contribution in [2.24, 2.45) is 0 Å². The van der Waals surface area contributed by atoms with Gasteiger partial charge in [0.1, 0.15) is 17.5 Å². The zero-order valence-corrected chi connectivity index (χ0v) is 11.3. The molecule has 0 bridgehead atoms. The number of carbonyl (C=O) groups excluding carboxylic acids is 1. The molecule has 3 N–H and O–H groups in total. The third-order valence-electron chi connectivity index (χ3n) is 2.66. The fraction of sp³-hybridized carbons (Fsp3) is 0.385. The molecule has 1 aromatic carbocycles. The minimum absolute atomic E-state index is 0.0586. The quantitative estimate of drug-likeness (QED) is 0.640. The van der Waals surface area contributed by atoms with E-state index < -0.39 is 24.5 Å². The van der Waals surface area contributed by atoms with Gasteiger partial charge in [0.15, 0.2) is 0 Å². The second-order valence-electron chi connectivity index (χ2n) is 4.00. The van der Waals surface area contributed by atoms with Crippen molar-refractivity contribution in [3.05, 3.63) is 23.8 Å². The Morgan fingerprint density at radius 3 is 2.50 bits per heavy atom. The molecule has 110 valence electrons. The maximum atomic E-state index is 11.7. The van der Waals surface area contributed by atoms with Crippen LogP contribution in [0.4, 0.5) is 0 Å². The van der Waals surface area contributed by atoms with Gasteiger partial charge in [0.05, 0.1) is 27.2 Å². The molecule has 7 nitrogen and oxygen atoms in total. The molecule has 0 aliphatic heterocycles. The predicted octanol–water partition coefficient (Wildman–Crippen LogP) is -0.192. The normalized spacial score (nSPS) is 11.6. The van der Waals surface area contributed by atoms with Gasteiger partial charge in [-0.2, -0.15) is 0 Å². The second-order valence-corrected chi connectivity index (χ2v) is 4.00. The van der Waals surface area contributed by atoms with Crippen LogP contribution in [0.3, 0.4) is 0 Å². The molecule has 0 unspecified atom stereocenters. The van der Waals surface area contributed by atoms with E-state index in [1.165, 1.54) is 14.2 Å². The number of aliphatic carboxylic acids is 1. The van der Waals surface area contributed by atoms with Crippen LogP contribution in [0, 0.1) is 0 Å². The lowest BCUT2D eigenvalue weighted by atomic mass is 10.1. The van der Waals surface area contributed by atoms with E-state index in [2.05, 4.69) is 5.32 Å². The Kier molecular flexibility index (Phi) is 5.79. The number of hydrogen-bond donors (Lipinski definition) is 3. The fourth-order valence-electron chi connectivity index (χ4n) is 1.60. The standard InChI is InChI=1S/C13H17NO6/c1-19-9-4-3-8(11(6-9)20-2)5-12(16)14-10(7-15)13(17)18/h3-4,6,10,15H,5,7H2,1-2H3,(H,14,16)(H,17,18)/t10-/m1/s1. The molecule has 7 heteroatoms. The summed E-state index contributed by atoms with van der Waals surface area (Å²) >= 11 is 0. The second kappa shape index (κ2) is 7.34. The van der Waals surface area contributed by atoms with E-state index in [9.17, 15) is 9.59 Å². The summed E-state index contributed by atoms with van der Waals surface area (Å²) in [5, 5.41) is 19.8. The molecule has 0 aromatic heterocycles. The van der Waals surface area contributed by atoms with Gasteiger partial charge in [-0.25, -0.2) is 4.79 Å². The topological polar surface area (TPSA) is 105 Å². The molecule has 0 radical (unpaired) electrons. The van der Waals surface area contributed by atoms with Crippen LogP contribution >= 0.6 is 0 Å². The van der Waals surface area contributed by atoms with Crippen LogP contribution in [-0.4, -0.2) is 49.0 Å². The molecule has 1 atom stereocenters. The van der Waals surface area contributed by atoms with Crippen LogP contribution in [0.25, 0.3) is 0 Å². The molecule has 0 saturated carbocycles. The number of aliphatic hydroxyl groups excluding tert-OH is 1. The van der Waals surface area contributed by atoms with Crippen molar-refractivity contribution in [3.8, 4) is 11.5 Å². The molecule has 0 saturated heterocycles. The minimum Gasteiger partial charge on any atom is -0.497 e. The highest BCUT2D eigenvalue weighted by atomic mass is 16.5. The first-order valence-corrected chi connectivity index (χ1v) is 5.85. The summed E-state index contributed by atoms with van der Waals surface area (Å²) in [7, 11) is 2.98. The average Bonchev–Trinajstić information content (AvgIpc) is 2.44. The lowest BCUT2D eigenvalue weighted by Gasteiger charge is -2.13. The Balaban J connectivity index is 2.77. The number of nitrogens with one attached hydrogen (secondary N) is 1. The van der Waals surface area contributed by atoms with Gasteiger partial charge in [-0.05, 0) is 6.07 Å². The van der Waals surface area contributed by atoms with E-state index in [4.69, 9.17) is 19.7 Å². The number of carboxylic acids is 1. The molecule has 0 heterocycles. The van der Waals surface area contributed by atoms with Gasteiger partial charge in [0, 0.05) is 11.6 Å². The van der Waals surface area contributed by atoms with E-state index in [-0.39, 0.29) is 6.42 Å². The third-order valence-corrected chi connectivity index (χ3v) is 2.66. The van der Waals surface area contributed by atoms with Crippen molar-refractivity contribution in [2.45, 2.75) is 12.5 Å². The van der Waals surface area contributed by atoms with Crippen molar-refractivity contribution >= 4 is 11.9 Å². The number of methoxy groups -OCH3 is 2. The molecular weight excluding hydrogens is 266 g/mol. The van der Waals surface area contributed by atoms with Crippen LogP contribution in [0.15, 0.2) is 18.2 Å². The number of rotatable bonds is 7. The summed E-state index contributed by atoms with van der Waals surface area (Å²) in [6.45, 7) is -0.666. The molecule has 20 heavy (non-hydrogen) atoms. The summed E-state index contributed by atoms with van der Waals surface area (Å²) in [6.07, 6.45) is -0.0586. The fourth-order valence-corrected chi connectivity index (χ4v) is 1.60. The summed E-state index contributed by atoms with van der Waals surface area (Å²) in [4.78, 5) is 22.4. The highest BCUT2D eigenvalue weighted by Crippen LogP contribution is 2.24. The third kappa shape index (κ3) is 4.13. The Hall–Kier alpha value is -2.28. The van der Waals surface area contributed by atoms with Crippen molar-refractivity contribution in [2.75, 3.05) is 20.8 Å². The van der Waals surface area contributed by atoms with E-state index in [0.717, 1.165) is 0 Å². The maximum Gasteiger partial charge on any atom is 0.328 e. The van der Waals surface area contributed by atoms with E-state index in [0.29, 0.717) is 17.1 Å².